The lowest BCUT2D eigenvalue weighted by Crippen LogP contribution is -2.25. The van der Waals surface area contributed by atoms with Crippen LogP contribution in [0.2, 0.25) is 0 Å². The lowest BCUT2D eigenvalue weighted by Gasteiger charge is -2.31. The van der Waals surface area contributed by atoms with Crippen molar-refractivity contribution in [3.05, 3.63) is 71.3 Å². The molecule has 0 aliphatic heterocycles. The first-order valence-electron chi connectivity index (χ1n) is 6.93. The van der Waals surface area contributed by atoms with Gasteiger partial charge in [-0.05, 0) is 38.9 Å². The minimum Gasteiger partial charge on any atom is -0.293 e. The second-order valence-corrected chi connectivity index (χ2v) is 5.34. The Morgan fingerprint density at radius 1 is 0.737 bits per heavy atom. The molecular weight excluding hydrogens is 230 g/mol. The van der Waals surface area contributed by atoms with Gasteiger partial charge in [-0.25, -0.2) is 0 Å². The van der Waals surface area contributed by atoms with Crippen molar-refractivity contribution in [2.45, 2.75) is 32.9 Å². The fourth-order valence-corrected chi connectivity index (χ4v) is 2.38. The summed E-state index contributed by atoms with van der Waals surface area (Å²) in [7, 11) is 2.20. The standard InChI is InChI=1S/C18H23N/c1-14-10-12-18(13-11-14)16(3)19(4)15(2)17-8-6-5-7-9-17/h5-13,15-16H,1-4H3. The van der Waals surface area contributed by atoms with E-state index in [-0.39, 0.29) is 0 Å². The maximum absolute atomic E-state index is 2.42. The summed E-state index contributed by atoms with van der Waals surface area (Å²) in [5.74, 6) is 0. The lowest BCUT2D eigenvalue weighted by atomic mass is 10.0. The Morgan fingerprint density at radius 3 is 1.74 bits per heavy atom. The van der Waals surface area contributed by atoms with E-state index in [1.807, 2.05) is 0 Å². The summed E-state index contributed by atoms with van der Waals surface area (Å²) >= 11 is 0. The van der Waals surface area contributed by atoms with Gasteiger partial charge in [-0.1, -0.05) is 60.2 Å². The second-order valence-electron chi connectivity index (χ2n) is 5.34. The fourth-order valence-electron chi connectivity index (χ4n) is 2.38. The van der Waals surface area contributed by atoms with Crippen molar-refractivity contribution in [2.75, 3.05) is 7.05 Å². The molecule has 0 amide bonds. The monoisotopic (exact) mass is 253 g/mol. The Morgan fingerprint density at radius 2 is 1.21 bits per heavy atom. The Labute approximate surface area is 116 Å². The Kier molecular flexibility index (Phi) is 4.39. The average Bonchev–Trinajstić information content (AvgIpc) is 2.46. The maximum Gasteiger partial charge on any atom is 0.0322 e. The number of aryl methyl sites for hydroxylation is 1. The van der Waals surface area contributed by atoms with Crippen LogP contribution < -0.4 is 0 Å². The smallest absolute Gasteiger partial charge is 0.0322 e. The second kappa shape index (κ2) is 6.03. The SMILES string of the molecule is Cc1ccc(C(C)N(C)C(C)c2ccccc2)cc1. The zero-order valence-corrected chi connectivity index (χ0v) is 12.3. The first-order chi connectivity index (χ1) is 9.09. The summed E-state index contributed by atoms with van der Waals surface area (Å²) in [6.45, 7) is 6.66. The number of hydrogen-bond acceptors (Lipinski definition) is 1. The van der Waals surface area contributed by atoms with Gasteiger partial charge in [-0.15, -0.1) is 0 Å². The number of rotatable bonds is 4. The minimum atomic E-state index is 0.413. The highest BCUT2D eigenvalue weighted by molar-refractivity contribution is 5.25. The molecule has 0 fully saturated rings. The largest absolute Gasteiger partial charge is 0.293 e. The van der Waals surface area contributed by atoms with Gasteiger partial charge >= 0.3 is 0 Å². The van der Waals surface area contributed by atoms with E-state index in [0.29, 0.717) is 12.1 Å². The zero-order valence-electron chi connectivity index (χ0n) is 12.3. The molecule has 1 nitrogen and oxygen atoms in total. The van der Waals surface area contributed by atoms with Gasteiger partial charge in [0, 0.05) is 12.1 Å². The first kappa shape index (κ1) is 13.8. The van der Waals surface area contributed by atoms with Gasteiger partial charge in [0.25, 0.3) is 0 Å². The first-order valence-corrected chi connectivity index (χ1v) is 6.93. The third-order valence-electron chi connectivity index (χ3n) is 4.06. The van der Waals surface area contributed by atoms with Gasteiger partial charge in [0.05, 0.1) is 0 Å². The summed E-state index contributed by atoms with van der Waals surface area (Å²) < 4.78 is 0. The molecule has 2 atom stereocenters. The van der Waals surface area contributed by atoms with E-state index >= 15 is 0 Å². The van der Waals surface area contributed by atoms with Gasteiger partial charge in [0.2, 0.25) is 0 Å². The molecule has 0 aliphatic rings. The molecule has 2 aromatic rings. The van der Waals surface area contributed by atoms with Crippen molar-refractivity contribution in [1.29, 1.82) is 0 Å². The molecule has 2 aromatic carbocycles. The molecule has 0 heterocycles. The van der Waals surface area contributed by atoms with Crippen LogP contribution in [-0.2, 0) is 0 Å². The zero-order chi connectivity index (χ0) is 13.8. The molecular formula is C18H23N. The lowest BCUT2D eigenvalue weighted by molar-refractivity contribution is 0.199. The van der Waals surface area contributed by atoms with E-state index in [0.717, 1.165) is 0 Å². The summed E-state index contributed by atoms with van der Waals surface area (Å²) in [5, 5.41) is 0. The molecule has 19 heavy (non-hydrogen) atoms. The molecule has 0 bridgehead atoms. The summed E-state index contributed by atoms with van der Waals surface area (Å²) in [6.07, 6.45) is 0. The molecule has 2 rings (SSSR count). The molecule has 1 heteroatoms. The number of hydrogen-bond donors (Lipinski definition) is 0. The summed E-state index contributed by atoms with van der Waals surface area (Å²) in [5.41, 5.74) is 4.05. The third-order valence-corrected chi connectivity index (χ3v) is 4.06. The molecule has 2 unspecified atom stereocenters. The van der Waals surface area contributed by atoms with Crippen LogP contribution in [0.15, 0.2) is 54.6 Å². The van der Waals surface area contributed by atoms with Crippen LogP contribution in [0.1, 0.15) is 42.6 Å². The molecule has 0 aliphatic carbocycles. The van der Waals surface area contributed by atoms with Crippen LogP contribution in [-0.4, -0.2) is 11.9 Å². The molecule has 0 aromatic heterocycles. The highest BCUT2D eigenvalue weighted by atomic mass is 15.1. The average molecular weight is 253 g/mol. The molecule has 0 N–H and O–H groups in total. The molecule has 100 valence electrons. The van der Waals surface area contributed by atoms with Gasteiger partial charge < -0.3 is 0 Å². The van der Waals surface area contributed by atoms with E-state index in [1.54, 1.807) is 0 Å². The predicted octanol–water partition coefficient (Wildman–Crippen LogP) is 4.75. The van der Waals surface area contributed by atoms with E-state index in [2.05, 4.69) is 87.3 Å². The van der Waals surface area contributed by atoms with Crippen molar-refractivity contribution in [1.82, 2.24) is 4.90 Å². The molecule has 0 radical (unpaired) electrons. The summed E-state index contributed by atoms with van der Waals surface area (Å²) in [4.78, 5) is 2.42. The Bertz CT molecular complexity index is 501. The van der Waals surface area contributed by atoms with Crippen LogP contribution in [0.5, 0.6) is 0 Å². The van der Waals surface area contributed by atoms with Crippen molar-refractivity contribution in [3.8, 4) is 0 Å². The highest BCUT2D eigenvalue weighted by Crippen LogP contribution is 2.28. The van der Waals surface area contributed by atoms with Gasteiger partial charge in [-0.2, -0.15) is 0 Å². The Balaban J connectivity index is 2.15. The Hall–Kier alpha value is -1.60. The predicted molar refractivity (Wildman–Crippen MR) is 82.2 cm³/mol. The van der Waals surface area contributed by atoms with Crippen LogP contribution in [0, 0.1) is 6.92 Å². The van der Waals surface area contributed by atoms with Crippen molar-refractivity contribution in [3.63, 3.8) is 0 Å². The van der Waals surface area contributed by atoms with Crippen LogP contribution in [0.25, 0.3) is 0 Å². The number of benzene rings is 2. The van der Waals surface area contributed by atoms with Gasteiger partial charge in [0.15, 0.2) is 0 Å². The highest BCUT2D eigenvalue weighted by Gasteiger charge is 2.18. The van der Waals surface area contributed by atoms with E-state index in [9.17, 15) is 0 Å². The van der Waals surface area contributed by atoms with E-state index < -0.39 is 0 Å². The number of nitrogens with zero attached hydrogens (tertiary/aromatic N) is 1. The molecule has 0 saturated carbocycles. The van der Waals surface area contributed by atoms with Crippen molar-refractivity contribution >= 4 is 0 Å². The fraction of sp³-hybridized carbons (Fsp3) is 0.333. The van der Waals surface area contributed by atoms with Crippen molar-refractivity contribution in [2.24, 2.45) is 0 Å². The van der Waals surface area contributed by atoms with Crippen LogP contribution >= 0.6 is 0 Å². The summed E-state index contributed by atoms with van der Waals surface area (Å²) in [6, 6.07) is 20.3. The van der Waals surface area contributed by atoms with E-state index in [4.69, 9.17) is 0 Å². The molecule has 0 saturated heterocycles. The van der Waals surface area contributed by atoms with Crippen molar-refractivity contribution < 1.29 is 0 Å². The third kappa shape index (κ3) is 3.24. The van der Waals surface area contributed by atoms with E-state index in [1.165, 1.54) is 16.7 Å². The molecule has 0 spiro atoms. The minimum absolute atomic E-state index is 0.413. The normalized spacial score (nSPS) is 14.4. The maximum atomic E-state index is 2.42. The topological polar surface area (TPSA) is 3.24 Å². The van der Waals surface area contributed by atoms with Gasteiger partial charge in [-0.3, -0.25) is 4.90 Å². The van der Waals surface area contributed by atoms with Gasteiger partial charge in [0.1, 0.15) is 0 Å². The van der Waals surface area contributed by atoms with Crippen LogP contribution in [0.3, 0.4) is 0 Å². The quantitative estimate of drug-likeness (QED) is 0.760. The van der Waals surface area contributed by atoms with Crippen LogP contribution in [0.4, 0.5) is 0 Å².